The molecule has 1 heterocycles. The third-order valence-electron chi connectivity index (χ3n) is 3.02. The molecule has 0 fully saturated rings. The summed E-state index contributed by atoms with van der Waals surface area (Å²) < 4.78 is 2.06. The van der Waals surface area contributed by atoms with Crippen LogP contribution >= 0.6 is 24.0 Å². The summed E-state index contributed by atoms with van der Waals surface area (Å²) in [5.41, 5.74) is 9.11. The lowest BCUT2D eigenvalue weighted by Gasteiger charge is -2.20. The molecule has 0 aliphatic heterocycles. The Morgan fingerprint density at radius 1 is 1.38 bits per heavy atom. The second-order valence-electron chi connectivity index (χ2n) is 6.16. The third-order valence-corrected chi connectivity index (χ3v) is 3.02. The van der Waals surface area contributed by atoms with Crippen molar-refractivity contribution in [3.63, 3.8) is 0 Å². The summed E-state index contributed by atoms with van der Waals surface area (Å²) >= 11 is 0. The molecule has 0 radical (unpaired) electrons. The first-order chi connectivity index (χ1) is 9.26. The highest BCUT2D eigenvalue weighted by atomic mass is 127. The fourth-order valence-electron chi connectivity index (χ4n) is 2.08. The Bertz CT molecular complexity index is 652. The van der Waals surface area contributed by atoms with Gasteiger partial charge in [0.1, 0.15) is 12.4 Å². The van der Waals surface area contributed by atoms with Crippen molar-refractivity contribution in [2.75, 3.05) is 0 Å². The minimum Gasteiger partial charge on any atom is -0.370 e. The fourth-order valence-corrected chi connectivity index (χ4v) is 2.08. The molecule has 0 aliphatic carbocycles. The maximum Gasteiger partial charge on any atom is 0.189 e. The molecule has 0 unspecified atom stereocenters. The van der Waals surface area contributed by atoms with Gasteiger partial charge in [-0.25, -0.2) is 9.98 Å². The summed E-state index contributed by atoms with van der Waals surface area (Å²) in [7, 11) is 2.00. The lowest BCUT2D eigenvalue weighted by molar-refractivity contribution is 0.508. The predicted molar refractivity (Wildman–Crippen MR) is 99.1 cm³/mol. The number of nitrogens with two attached hydrogens (primary N) is 1. The van der Waals surface area contributed by atoms with Crippen LogP contribution in [0.2, 0.25) is 0 Å². The van der Waals surface area contributed by atoms with E-state index in [4.69, 9.17) is 5.73 Å². The smallest absolute Gasteiger partial charge is 0.189 e. The molecule has 0 amide bonds. The number of hydrogen-bond acceptors (Lipinski definition) is 2. The molecule has 116 valence electrons. The van der Waals surface area contributed by atoms with Crippen molar-refractivity contribution < 1.29 is 0 Å². The SMILES string of the molecule is Cc1ccc2c(c1)nc(CN=C(N)NC(C)(C)C)n2C.I. The largest absolute Gasteiger partial charge is 0.370 e. The number of rotatable bonds is 2. The van der Waals surface area contributed by atoms with Crippen LogP contribution in [0.25, 0.3) is 11.0 Å². The zero-order chi connectivity index (χ0) is 14.9. The number of aryl methyl sites for hydroxylation is 2. The number of hydrogen-bond donors (Lipinski definition) is 2. The molecule has 1 aromatic heterocycles. The van der Waals surface area contributed by atoms with Crippen LogP contribution in [0.3, 0.4) is 0 Å². The van der Waals surface area contributed by atoms with Crippen LogP contribution in [0.1, 0.15) is 32.2 Å². The van der Waals surface area contributed by atoms with E-state index in [1.807, 2.05) is 27.8 Å². The van der Waals surface area contributed by atoms with E-state index in [9.17, 15) is 0 Å². The van der Waals surface area contributed by atoms with Crippen molar-refractivity contribution in [1.29, 1.82) is 0 Å². The molecule has 0 aliphatic rings. The molecule has 3 N–H and O–H groups in total. The van der Waals surface area contributed by atoms with Gasteiger partial charge in [0.2, 0.25) is 0 Å². The van der Waals surface area contributed by atoms with Crippen molar-refractivity contribution in [2.24, 2.45) is 17.8 Å². The molecule has 0 saturated heterocycles. The van der Waals surface area contributed by atoms with E-state index in [2.05, 4.69) is 45.0 Å². The number of benzene rings is 1. The van der Waals surface area contributed by atoms with Gasteiger partial charge in [-0.1, -0.05) is 6.07 Å². The van der Waals surface area contributed by atoms with Crippen LogP contribution in [0, 0.1) is 6.92 Å². The van der Waals surface area contributed by atoms with Gasteiger partial charge in [0.15, 0.2) is 5.96 Å². The van der Waals surface area contributed by atoms with Crippen molar-refractivity contribution in [1.82, 2.24) is 14.9 Å². The Morgan fingerprint density at radius 3 is 2.67 bits per heavy atom. The van der Waals surface area contributed by atoms with Crippen LogP contribution in [0.15, 0.2) is 23.2 Å². The Kier molecular flexibility index (Phi) is 5.61. The van der Waals surface area contributed by atoms with E-state index in [0.29, 0.717) is 12.5 Å². The number of aromatic nitrogens is 2. The van der Waals surface area contributed by atoms with Crippen LogP contribution in [0.4, 0.5) is 0 Å². The number of fused-ring (bicyclic) bond motifs is 1. The van der Waals surface area contributed by atoms with Gasteiger partial charge in [-0.3, -0.25) is 0 Å². The molecule has 0 atom stereocenters. The third kappa shape index (κ3) is 4.59. The molecule has 0 bridgehead atoms. The van der Waals surface area contributed by atoms with Gasteiger partial charge < -0.3 is 15.6 Å². The van der Waals surface area contributed by atoms with Crippen LogP contribution < -0.4 is 11.1 Å². The second kappa shape index (κ2) is 6.64. The summed E-state index contributed by atoms with van der Waals surface area (Å²) in [6.45, 7) is 8.68. The maximum atomic E-state index is 5.88. The molecule has 1 aromatic carbocycles. The van der Waals surface area contributed by atoms with E-state index in [-0.39, 0.29) is 29.5 Å². The van der Waals surface area contributed by atoms with Gasteiger partial charge in [-0.05, 0) is 45.4 Å². The van der Waals surface area contributed by atoms with Gasteiger partial charge in [0, 0.05) is 12.6 Å². The van der Waals surface area contributed by atoms with Crippen molar-refractivity contribution >= 4 is 41.0 Å². The van der Waals surface area contributed by atoms with Crippen LogP contribution in [-0.2, 0) is 13.6 Å². The number of nitrogens with zero attached hydrogens (tertiary/aromatic N) is 3. The van der Waals surface area contributed by atoms with Gasteiger partial charge in [-0.2, -0.15) is 0 Å². The summed E-state index contributed by atoms with van der Waals surface area (Å²) in [6, 6.07) is 6.26. The summed E-state index contributed by atoms with van der Waals surface area (Å²) in [4.78, 5) is 8.97. The van der Waals surface area contributed by atoms with E-state index in [0.717, 1.165) is 16.9 Å². The molecular weight excluding hydrogens is 377 g/mol. The molecule has 6 heteroatoms. The zero-order valence-corrected chi connectivity index (χ0v) is 15.6. The molecule has 0 spiro atoms. The van der Waals surface area contributed by atoms with Crippen molar-refractivity contribution in [2.45, 2.75) is 39.8 Å². The summed E-state index contributed by atoms with van der Waals surface area (Å²) in [6.07, 6.45) is 0. The average molecular weight is 401 g/mol. The van der Waals surface area contributed by atoms with E-state index >= 15 is 0 Å². The highest BCUT2D eigenvalue weighted by Gasteiger charge is 2.11. The fraction of sp³-hybridized carbons (Fsp3) is 0.467. The first kappa shape index (κ1) is 17.7. The first-order valence-corrected chi connectivity index (χ1v) is 6.76. The molecule has 0 saturated carbocycles. The normalized spacial score (nSPS) is 12.3. The maximum absolute atomic E-state index is 5.88. The zero-order valence-electron chi connectivity index (χ0n) is 13.3. The Labute approximate surface area is 143 Å². The summed E-state index contributed by atoms with van der Waals surface area (Å²) in [5, 5.41) is 3.14. The lowest BCUT2D eigenvalue weighted by Crippen LogP contribution is -2.45. The monoisotopic (exact) mass is 401 g/mol. The van der Waals surface area contributed by atoms with E-state index in [1.165, 1.54) is 5.56 Å². The van der Waals surface area contributed by atoms with Crippen LogP contribution in [0.5, 0.6) is 0 Å². The predicted octanol–water partition coefficient (Wildman–Crippen LogP) is 2.70. The first-order valence-electron chi connectivity index (χ1n) is 6.76. The highest BCUT2D eigenvalue weighted by Crippen LogP contribution is 2.16. The number of nitrogens with one attached hydrogen (secondary N) is 1. The van der Waals surface area contributed by atoms with Crippen LogP contribution in [-0.4, -0.2) is 21.0 Å². The van der Waals surface area contributed by atoms with E-state index < -0.39 is 0 Å². The standard InChI is InChI=1S/C15H23N5.HI/c1-10-6-7-12-11(8-10)18-13(20(12)5)9-17-14(16)19-15(2,3)4;/h6-8H,9H2,1-5H3,(H3,16,17,19);1H. The topological polar surface area (TPSA) is 68.2 Å². The Morgan fingerprint density at radius 2 is 2.05 bits per heavy atom. The number of imidazole rings is 1. The number of guanidine groups is 1. The van der Waals surface area contributed by atoms with E-state index in [1.54, 1.807) is 0 Å². The van der Waals surface area contributed by atoms with Gasteiger partial charge in [-0.15, -0.1) is 24.0 Å². The highest BCUT2D eigenvalue weighted by molar-refractivity contribution is 14.0. The Hall–Kier alpha value is -1.31. The molecule has 5 nitrogen and oxygen atoms in total. The van der Waals surface area contributed by atoms with Crippen molar-refractivity contribution in [3.05, 3.63) is 29.6 Å². The van der Waals surface area contributed by atoms with Gasteiger partial charge >= 0.3 is 0 Å². The lowest BCUT2D eigenvalue weighted by atomic mass is 10.1. The van der Waals surface area contributed by atoms with Gasteiger partial charge in [0.05, 0.1) is 11.0 Å². The minimum atomic E-state index is -0.0863. The molecule has 21 heavy (non-hydrogen) atoms. The molecular formula is C15H24IN5. The minimum absolute atomic E-state index is 0. The average Bonchev–Trinajstić information content (AvgIpc) is 2.61. The quantitative estimate of drug-likeness (QED) is 0.462. The Balaban J connectivity index is 0.00000220. The number of aliphatic imine (C=N–C) groups is 1. The molecule has 2 aromatic rings. The van der Waals surface area contributed by atoms with Gasteiger partial charge in [0.25, 0.3) is 0 Å². The number of halogens is 1. The molecule has 2 rings (SSSR count). The van der Waals surface area contributed by atoms with Crippen molar-refractivity contribution in [3.8, 4) is 0 Å². The second-order valence-corrected chi connectivity index (χ2v) is 6.16. The summed E-state index contributed by atoms with van der Waals surface area (Å²) in [5.74, 6) is 1.35.